The van der Waals surface area contributed by atoms with Crippen LogP contribution in [-0.2, 0) is 13.1 Å². The molecule has 0 saturated heterocycles. The molecular weight excluding hydrogens is 527 g/mol. The average molecular weight is 557 g/mol. The molecule has 0 atom stereocenters. The van der Waals surface area contributed by atoms with Crippen molar-refractivity contribution >= 4 is 34.3 Å². The number of hydrogen-bond donors (Lipinski definition) is 2. The molecule has 12 heteroatoms. The van der Waals surface area contributed by atoms with Gasteiger partial charge in [-0.15, -0.1) is 0 Å². The number of aromatic nitrogens is 5. The summed E-state index contributed by atoms with van der Waals surface area (Å²) in [5, 5.41) is 11.6. The number of carbonyl (C=O) groups excluding carboxylic acids is 1. The number of fused-ring (bicyclic) bond motifs is 1. The van der Waals surface area contributed by atoms with Crippen LogP contribution in [0.15, 0.2) is 67.0 Å². The second-order valence-corrected chi connectivity index (χ2v) is 9.18. The molecule has 0 fully saturated rings. The fourth-order valence-corrected chi connectivity index (χ4v) is 4.45. The molecule has 0 aliphatic carbocycles. The molecule has 0 spiro atoms. The number of nitrogens with zero attached hydrogens (tertiary/aromatic N) is 6. The monoisotopic (exact) mass is 556 g/mol. The first kappa shape index (κ1) is 27.3. The molecule has 11 nitrogen and oxygen atoms in total. The molecule has 2 aromatic carbocycles. The molecule has 0 radical (unpaired) electrons. The van der Waals surface area contributed by atoms with Crippen LogP contribution in [0.2, 0.25) is 0 Å². The van der Waals surface area contributed by atoms with E-state index in [1.165, 1.54) is 17.3 Å². The SMILES string of the molecule is COc1ccc(CNc2cc(N(C)C(=O)Nc3cccc4c3c(C)nn4Cc3cccc(F)n3)ncn2)c(OC)c1. The fraction of sp³-hybridized carbons (Fsp3) is 0.207. The number of aryl methyl sites for hydroxylation is 1. The topological polar surface area (TPSA) is 119 Å². The number of benzene rings is 2. The van der Waals surface area contributed by atoms with E-state index < -0.39 is 12.0 Å². The average Bonchev–Trinajstić information content (AvgIpc) is 3.31. The second kappa shape index (κ2) is 11.9. The van der Waals surface area contributed by atoms with Gasteiger partial charge >= 0.3 is 6.03 Å². The quantitative estimate of drug-likeness (QED) is 0.243. The van der Waals surface area contributed by atoms with Gasteiger partial charge in [-0.05, 0) is 43.3 Å². The van der Waals surface area contributed by atoms with E-state index in [2.05, 4.69) is 30.7 Å². The van der Waals surface area contributed by atoms with Crippen LogP contribution in [0.4, 0.5) is 26.5 Å². The standard InChI is InChI=1S/C29H29FN8O3/c1-18-28-22(8-6-9-23(28)38(36-18)16-20-7-5-10-25(30)34-20)35-29(39)37(2)27-14-26(32-17-33-27)31-15-19-11-12-21(40-3)13-24(19)41-4/h5-14,17H,15-16H2,1-4H3,(H,35,39)(H,31,32,33). The van der Waals surface area contributed by atoms with Crippen molar-refractivity contribution in [3.63, 3.8) is 0 Å². The van der Waals surface area contributed by atoms with E-state index in [0.29, 0.717) is 47.6 Å². The normalized spacial score (nSPS) is 10.9. The molecule has 3 heterocycles. The lowest BCUT2D eigenvalue weighted by molar-refractivity contribution is 0.258. The van der Waals surface area contributed by atoms with Gasteiger partial charge in [0.2, 0.25) is 5.95 Å². The first-order chi connectivity index (χ1) is 19.9. The minimum absolute atomic E-state index is 0.290. The van der Waals surface area contributed by atoms with Crippen molar-refractivity contribution in [3.05, 3.63) is 89.9 Å². The highest BCUT2D eigenvalue weighted by atomic mass is 19.1. The molecule has 0 aliphatic rings. The van der Waals surface area contributed by atoms with Crippen molar-refractivity contribution in [2.75, 3.05) is 36.8 Å². The van der Waals surface area contributed by atoms with Gasteiger partial charge in [-0.25, -0.2) is 19.7 Å². The molecule has 5 aromatic rings. The zero-order valence-corrected chi connectivity index (χ0v) is 23.1. The smallest absolute Gasteiger partial charge is 0.327 e. The summed E-state index contributed by atoms with van der Waals surface area (Å²) in [5.74, 6) is 1.78. The van der Waals surface area contributed by atoms with Crippen LogP contribution in [0, 0.1) is 12.9 Å². The van der Waals surface area contributed by atoms with Gasteiger partial charge < -0.3 is 20.1 Å². The maximum absolute atomic E-state index is 13.6. The Balaban J connectivity index is 1.31. The lowest BCUT2D eigenvalue weighted by Crippen LogP contribution is -2.32. The number of anilines is 3. The first-order valence-corrected chi connectivity index (χ1v) is 12.8. The lowest BCUT2D eigenvalue weighted by Gasteiger charge is -2.18. The lowest BCUT2D eigenvalue weighted by atomic mass is 10.1. The Morgan fingerprint density at radius 2 is 1.88 bits per heavy atom. The Kier molecular flexibility index (Phi) is 7.90. The van der Waals surface area contributed by atoms with Gasteiger partial charge in [0.25, 0.3) is 0 Å². The molecule has 2 amide bonds. The molecule has 2 N–H and O–H groups in total. The van der Waals surface area contributed by atoms with Crippen molar-refractivity contribution in [1.29, 1.82) is 0 Å². The summed E-state index contributed by atoms with van der Waals surface area (Å²) in [6, 6.07) is 17.1. The summed E-state index contributed by atoms with van der Waals surface area (Å²) in [4.78, 5) is 27.1. The van der Waals surface area contributed by atoms with Crippen molar-refractivity contribution in [2.45, 2.75) is 20.0 Å². The molecule has 5 rings (SSSR count). The molecule has 0 unspecified atom stereocenters. The van der Waals surface area contributed by atoms with E-state index in [4.69, 9.17) is 9.47 Å². The van der Waals surface area contributed by atoms with Gasteiger partial charge in [0, 0.05) is 36.7 Å². The number of amides is 2. The van der Waals surface area contributed by atoms with Gasteiger partial charge in [0.1, 0.15) is 29.5 Å². The van der Waals surface area contributed by atoms with Gasteiger partial charge in [-0.3, -0.25) is 9.58 Å². The van der Waals surface area contributed by atoms with Crippen molar-refractivity contribution in [1.82, 2.24) is 24.7 Å². The van der Waals surface area contributed by atoms with Gasteiger partial charge in [-0.2, -0.15) is 9.49 Å². The molecular formula is C29H29FN8O3. The number of hydrogen-bond acceptors (Lipinski definition) is 8. The summed E-state index contributed by atoms with van der Waals surface area (Å²) in [5.41, 5.74) is 3.56. The molecule has 41 heavy (non-hydrogen) atoms. The number of rotatable bonds is 9. The summed E-state index contributed by atoms with van der Waals surface area (Å²) >= 11 is 0. The minimum Gasteiger partial charge on any atom is -0.497 e. The Bertz CT molecular complexity index is 1710. The Morgan fingerprint density at radius 3 is 2.66 bits per heavy atom. The van der Waals surface area contributed by atoms with E-state index in [9.17, 15) is 9.18 Å². The molecule has 0 bridgehead atoms. The predicted octanol–water partition coefficient (Wildman–Crippen LogP) is 5.01. The fourth-order valence-electron chi connectivity index (χ4n) is 4.45. The van der Waals surface area contributed by atoms with E-state index in [0.717, 1.165) is 22.2 Å². The van der Waals surface area contributed by atoms with E-state index >= 15 is 0 Å². The second-order valence-electron chi connectivity index (χ2n) is 9.18. The van der Waals surface area contributed by atoms with Crippen LogP contribution in [0.5, 0.6) is 11.5 Å². The number of methoxy groups -OCH3 is 2. The number of urea groups is 1. The summed E-state index contributed by atoms with van der Waals surface area (Å²) in [6.07, 6.45) is 1.39. The highest BCUT2D eigenvalue weighted by molar-refractivity contribution is 6.07. The van der Waals surface area contributed by atoms with Crippen LogP contribution in [0.25, 0.3) is 10.9 Å². The zero-order chi connectivity index (χ0) is 28.9. The maximum atomic E-state index is 13.6. The molecule has 0 aliphatic heterocycles. The molecule has 0 saturated carbocycles. The van der Waals surface area contributed by atoms with E-state index in [1.807, 2.05) is 43.3 Å². The van der Waals surface area contributed by atoms with Crippen LogP contribution < -0.4 is 25.0 Å². The van der Waals surface area contributed by atoms with Gasteiger partial charge in [-0.1, -0.05) is 12.1 Å². The maximum Gasteiger partial charge on any atom is 0.327 e. The van der Waals surface area contributed by atoms with Gasteiger partial charge in [0.15, 0.2) is 0 Å². The van der Waals surface area contributed by atoms with Gasteiger partial charge in [0.05, 0.1) is 43.4 Å². The van der Waals surface area contributed by atoms with E-state index in [-0.39, 0.29) is 0 Å². The number of ether oxygens (including phenoxy) is 2. The third kappa shape index (κ3) is 6.01. The van der Waals surface area contributed by atoms with Crippen LogP contribution in [0.1, 0.15) is 17.0 Å². The molecule has 3 aromatic heterocycles. The third-order valence-corrected chi connectivity index (χ3v) is 6.53. The number of halogens is 1. The van der Waals surface area contributed by atoms with Crippen LogP contribution in [-0.4, -0.2) is 52.0 Å². The Labute approximate surface area is 236 Å². The molecule has 210 valence electrons. The van der Waals surface area contributed by atoms with Crippen LogP contribution in [0.3, 0.4) is 0 Å². The number of carbonyl (C=O) groups is 1. The Hall–Kier alpha value is -5.26. The first-order valence-electron chi connectivity index (χ1n) is 12.8. The van der Waals surface area contributed by atoms with E-state index in [1.54, 1.807) is 44.1 Å². The third-order valence-electron chi connectivity index (χ3n) is 6.53. The van der Waals surface area contributed by atoms with Crippen LogP contribution >= 0.6 is 0 Å². The van der Waals surface area contributed by atoms with Crippen molar-refractivity contribution in [3.8, 4) is 11.5 Å². The largest absolute Gasteiger partial charge is 0.497 e. The minimum atomic E-state index is -0.546. The van der Waals surface area contributed by atoms with Crippen molar-refractivity contribution in [2.24, 2.45) is 0 Å². The highest BCUT2D eigenvalue weighted by Crippen LogP contribution is 2.28. The summed E-state index contributed by atoms with van der Waals surface area (Å²) in [6.45, 7) is 2.59. The number of nitrogens with one attached hydrogen (secondary N) is 2. The number of pyridine rings is 1. The predicted molar refractivity (Wildman–Crippen MR) is 154 cm³/mol. The van der Waals surface area contributed by atoms with Crippen molar-refractivity contribution < 1.29 is 18.7 Å². The summed E-state index contributed by atoms with van der Waals surface area (Å²) < 4.78 is 26.1. The highest BCUT2D eigenvalue weighted by Gasteiger charge is 2.18. The summed E-state index contributed by atoms with van der Waals surface area (Å²) in [7, 11) is 4.83. The Morgan fingerprint density at radius 1 is 1.05 bits per heavy atom. The zero-order valence-electron chi connectivity index (χ0n) is 23.1.